The summed E-state index contributed by atoms with van der Waals surface area (Å²) in [6.45, 7) is 4.16. The molecule has 0 radical (unpaired) electrons. The molecule has 0 bridgehead atoms. The summed E-state index contributed by atoms with van der Waals surface area (Å²) in [5.74, 6) is 1.91. The van der Waals surface area contributed by atoms with Gasteiger partial charge in [0.05, 0.1) is 5.52 Å². The molecule has 1 aromatic carbocycles. The van der Waals surface area contributed by atoms with Gasteiger partial charge in [-0.2, -0.15) is 4.98 Å². The van der Waals surface area contributed by atoms with Gasteiger partial charge in [0, 0.05) is 28.4 Å². The van der Waals surface area contributed by atoms with Crippen LogP contribution in [0.25, 0.3) is 22.3 Å². The Labute approximate surface area is 160 Å². The molecule has 3 aromatic heterocycles. The first-order valence-corrected chi connectivity index (χ1v) is 8.90. The lowest BCUT2D eigenvalue weighted by molar-refractivity contribution is 0.336. The van der Waals surface area contributed by atoms with Crippen LogP contribution in [0.5, 0.6) is 0 Å². The van der Waals surface area contributed by atoms with Gasteiger partial charge in [0.25, 0.3) is 0 Å². The van der Waals surface area contributed by atoms with Gasteiger partial charge >= 0.3 is 0 Å². The predicted molar refractivity (Wildman–Crippen MR) is 103 cm³/mol. The van der Waals surface area contributed by atoms with Gasteiger partial charge in [-0.3, -0.25) is 4.98 Å². The fourth-order valence-corrected chi connectivity index (χ4v) is 2.95. The number of pyridine rings is 1. The normalized spacial score (nSPS) is 12.4. The molecule has 0 saturated carbocycles. The lowest BCUT2D eigenvalue weighted by Gasteiger charge is -2.19. The largest absolute Gasteiger partial charge is 0.358 e. The molecule has 0 aliphatic carbocycles. The van der Waals surface area contributed by atoms with Crippen LogP contribution in [0.2, 0.25) is 5.02 Å². The van der Waals surface area contributed by atoms with Crippen LogP contribution < -0.4 is 5.32 Å². The number of halogens is 1. The van der Waals surface area contributed by atoms with Crippen molar-refractivity contribution in [3.05, 3.63) is 60.0 Å². The number of nitrogens with zero attached hydrogens (tertiary/aromatic N) is 5. The Kier molecular flexibility index (Phi) is 4.68. The lowest BCUT2D eigenvalue weighted by Crippen LogP contribution is -2.18. The minimum absolute atomic E-state index is 0.188. The minimum atomic E-state index is -0.207. The first-order valence-electron chi connectivity index (χ1n) is 8.52. The average Bonchev–Trinajstić information content (AvgIpc) is 3.16. The van der Waals surface area contributed by atoms with Crippen LogP contribution in [0, 0.1) is 5.92 Å². The minimum Gasteiger partial charge on any atom is -0.358 e. The van der Waals surface area contributed by atoms with Crippen LogP contribution in [0.3, 0.4) is 0 Å². The zero-order valence-corrected chi connectivity index (χ0v) is 15.6. The summed E-state index contributed by atoms with van der Waals surface area (Å²) in [5.41, 5.74) is 1.62. The molecule has 7 nitrogen and oxygen atoms in total. The second-order valence-corrected chi connectivity index (χ2v) is 6.88. The van der Waals surface area contributed by atoms with E-state index in [4.69, 9.17) is 16.1 Å². The topological polar surface area (TPSA) is 89.6 Å². The quantitative estimate of drug-likeness (QED) is 0.543. The van der Waals surface area contributed by atoms with E-state index in [9.17, 15) is 0 Å². The number of benzene rings is 1. The molecule has 4 aromatic rings. The molecule has 4 rings (SSSR count). The lowest BCUT2D eigenvalue weighted by atomic mass is 10.0. The highest BCUT2D eigenvalue weighted by Gasteiger charge is 2.24. The van der Waals surface area contributed by atoms with Gasteiger partial charge in [-0.1, -0.05) is 30.6 Å². The van der Waals surface area contributed by atoms with Crippen molar-refractivity contribution in [2.75, 3.05) is 5.32 Å². The van der Waals surface area contributed by atoms with Crippen molar-refractivity contribution in [2.45, 2.75) is 19.9 Å². The van der Waals surface area contributed by atoms with Crippen molar-refractivity contribution in [3.63, 3.8) is 0 Å². The van der Waals surface area contributed by atoms with Crippen molar-refractivity contribution in [2.24, 2.45) is 5.92 Å². The molecule has 1 N–H and O–H groups in total. The molecular formula is C19H17ClN6O. The molecule has 0 saturated heterocycles. The van der Waals surface area contributed by atoms with E-state index in [1.54, 1.807) is 12.4 Å². The standard InChI is InChI=1S/C19H17ClN6O/c1-11(2)16(19-25-17(26-27-19)12-5-7-21-8-6-12)24-18-14-4-3-13(20)9-15(14)22-10-23-18/h3-11,16H,1-2H3,(H,22,23,24). The second-order valence-electron chi connectivity index (χ2n) is 6.44. The van der Waals surface area contributed by atoms with E-state index < -0.39 is 0 Å². The van der Waals surface area contributed by atoms with E-state index >= 15 is 0 Å². The van der Waals surface area contributed by atoms with Gasteiger partial charge in [0.2, 0.25) is 11.7 Å². The highest BCUT2D eigenvalue weighted by Crippen LogP contribution is 2.30. The summed E-state index contributed by atoms with van der Waals surface area (Å²) >= 11 is 6.07. The average molecular weight is 381 g/mol. The second kappa shape index (κ2) is 7.28. The fourth-order valence-electron chi connectivity index (χ4n) is 2.79. The van der Waals surface area contributed by atoms with Crippen LogP contribution in [0.15, 0.2) is 53.6 Å². The predicted octanol–water partition coefficient (Wildman–Crippen LogP) is 4.54. The summed E-state index contributed by atoms with van der Waals surface area (Å²) < 4.78 is 5.54. The monoisotopic (exact) mass is 380 g/mol. The highest BCUT2D eigenvalue weighted by atomic mass is 35.5. The van der Waals surface area contributed by atoms with Crippen LogP contribution in [0.1, 0.15) is 25.8 Å². The van der Waals surface area contributed by atoms with Gasteiger partial charge in [0.1, 0.15) is 18.2 Å². The van der Waals surface area contributed by atoms with Gasteiger partial charge < -0.3 is 9.84 Å². The molecule has 8 heteroatoms. The summed E-state index contributed by atoms with van der Waals surface area (Å²) in [7, 11) is 0. The Bertz CT molecular complexity index is 1070. The van der Waals surface area contributed by atoms with Crippen LogP contribution in [-0.2, 0) is 0 Å². The van der Waals surface area contributed by atoms with E-state index in [2.05, 4.69) is 44.3 Å². The third-order valence-electron chi connectivity index (χ3n) is 4.20. The summed E-state index contributed by atoms with van der Waals surface area (Å²) in [6.07, 6.45) is 4.90. The number of hydrogen-bond acceptors (Lipinski definition) is 7. The molecular weight excluding hydrogens is 364 g/mol. The molecule has 3 heterocycles. The van der Waals surface area contributed by atoms with Crippen molar-refractivity contribution >= 4 is 28.3 Å². The fraction of sp³-hybridized carbons (Fsp3) is 0.211. The maximum absolute atomic E-state index is 6.07. The molecule has 1 atom stereocenters. The van der Waals surface area contributed by atoms with Crippen molar-refractivity contribution in [1.29, 1.82) is 0 Å². The van der Waals surface area contributed by atoms with Crippen molar-refractivity contribution in [1.82, 2.24) is 25.1 Å². The maximum Gasteiger partial charge on any atom is 0.249 e. The first-order chi connectivity index (χ1) is 13.1. The van der Waals surface area contributed by atoms with E-state index in [0.29, 0.717) is 22.6 Å². The van der Waals surface area contributed by atoms with Gasteiger partial charge in [-0.25, -0.2) is 9.97 Å². The van der Waals surface area contributed by atoms with Crippen molar-refractivity contribution in [3.8, 4) is 11.4 Å². The van der Waals surface area contributed by atoms with E-state index in [1.165, 1.54) is 6.33 Å². The van der Waals surface area contributed by atoms with E-state index in [1.807, 2.05) is 30.3 Å². The molecule has 136 valence electrons. The Hall–Kier alpha value is -3.06. The van der Waals surface area contributed by atoms with E-state index in [0.717, 1.165) is 16.5 Å². The maximum atomic E-state index is 6.07. The van der Waals surface area contributed by atoms with E-state index in [-0.39, 0.29) is 12.0 Å². The zero-order chi connectivity index (χ0) is 18.8. The Morgan fingerprint density at radius 1 is 1.07 bits per heavy atom. The number of rotatable bonds is 5. The van der Waals surface area contributed by atoms with Crippen molar-refractivity contribution < 1.29 is 4.52 Å². The Morgan fingerprint density at radius 2 is 1.89 bits per heavy atom. The van der Waals surface area contributed by atoms with Gasteiger partial charge in [-0.05, 0) is 36.2 Å². The number of hydrogen-bond donors (Lipinski definition) is 1. The number of aromatic nitrogens is 5. The molecule has 0 aliphatic rings. The van der Waals surface area contributed by atoms with Gasteiger partial charge in [-0.15, -0.1) is 0 Å². The number of nitrogens with one attached hydrogen (secondary N) is 1. The molecule has 0 spiro atoms. The molecule has 0 fully saturated rings. The summed E-state index contributed by atoms with van der Waals surface area (Å²) in [5, 5.41) is 9.03. The SMILES string of the molecule is CC(C)C(Nc1ncnc2cc(Cl)ccc12)c1nc(-c2ccncc2)no1. The van der Waals surface area contributed by atoms with Crippen LogP contribution in [0.4, 0.5) is 5.82 Å². The van der Waals surface area contributed by atoms with Gasteiger partial charge in [0.15, 0.2) is 0 Å². The molecule has 1 unspecified atom stereocenters. The summed E-state index contributed by atoms with van der Waals surface area (Å²) in [6, 6.07) is 9.00. The Balaban J connectivity index is 1.68. The highest BCUT2D eigenvalue weighted by molar-refractivity contribution is 6.31. The van der Waals surface area contributed by atoms with Crippen LogP contribution >= 0.6 is 11.6 Å². The number of anilines is 1. The zero-order valence-electron chi connectivity index (χ0n) is 14.8. The smallest absolute Gasteiger partial charge is 0.249 e. The molecule has 0 aliphatic heterocycles. The first kappa shape index (κ1) is 17.4. The number of fused-ring (bicyclic) bond motifs is 1. The third kappa shape index (κ3) is 3.59. The summed E-state index contributed by atoms with van der Waals surface area (Å²) in [4.78, 5) is 17.2. The third-order valence-corrected chi connectivity index (χ3v) is 4.44. The Morgan fingerprint density at radius 3 is 2.67 bits per heavy atom. The molecule has 0 amide bonds. The van der Waals surface area contributed by atoms with Crippen LogP contribution in [-0.4, -0.2) is 25.1 Å². The molecule has 27 heavy (non-hydrogen) atoms.